The fraction of sp³-hybridized carbons (Fsp3) is 0.125. The van der Waals surface area contributed by atoms with Crippen molar-refractivity contribution in [2.75, 3.05) is 5.32 Å². The second-order valence-electron chi connectivity index (χ2n) is 4.66. The first kappa shape index (κ1) is 14.2. The third kappa shape index (κ3) is 3.28. The number of hydrogen-bond acceptors (Lipinski definition) is 4. The Labute approximate surface area is 125 Å². The minimum Gasteiger partial charge on any atom is -0.415 e. The van der Waals surface area contributed by atoms with Crippen molar-refractivity contribution >= 4 is 5.69 Å². The lowest BCUT2D eigenvalue weighted by Gasteiger charge is -2.06. The molecular weight excluding hydrogens is 288 g/mol. The SMILES string of the molecule is FC(F)c1nnc(-c2ccc(CNc3ccccc3)cc2)o1. The van der Waals surface area contributed by atoms with Crippen LogP contribution in [0.1, 0.15) is 17.9 Å². The number of nitrogens with zero attached hydrogens (tertiary/aromatic N) is 2. The molecule has 0 amide bonds. The smallest absolute Gasteiger partial charge is 0.314 e. The van der Waals surface area contributed by atoms with E-state index in [2.05, 4.69) is 15.5 Å². The molecule has 0 saturated carbocycles. The molecule has 6 heteroatoms. The van der Waals surface area contributed by atoms with Crippen molar-refractivity contribution in [1.82, 2.24) is 10.2 Å². The van der Waals surface area contributed by atoms with Crippen molar-refractivity contribution in [1.29, 1.82) is 0 Å². The van der Waals surface area contributed by atoms with Gasteiger partial charge < -0.3 is 9.73 Å². The van der Waals surface area contributed by atoms with Gasteiger partial charge >= 0.3 is 6.43 Å². The molecule has 0 unspecified atom stereocenters. The number of anilines is 1. The van der Waals surface area contributed by atoms with E-state index in [-0.39, 0.29) is 5.89 Å². The van der Waals surface area contributed by atoms with Gasteiger partial charge in [-0.25, -0.2) is 0 Å². The molecular formula is C16H13F2N3O. The molecule has 112 valence electrons. The Morgan fingerprint density at radius 1 is 0.955 bits per heavy atom. The number of halogens is 2. The third-order valence-corrected chi connectivity index (χ3v) is 3.10. The topological polar surface area (TPSA) is 51.0 Å². The zero-order chi connectivity index (χ0) is 15.4. The summed E-state index contributed by atoms with van der Waals surface area (Å²) in [5, 5.41) is 10.2. The average Bonchev–Trinajstić information content (AvgIpc) is 3.05. The van der Waals surface area contributed by atoms with Crippen LogP contribution in [0.3, 0.4) is 0 Å². The maximum Gasteiger partial charge on any atom is 0.314 e. The predicted octanol–water partition coefficient (Wildman–Crippen LogP) is 4.29. The molecule has 3 rings (SSSR count). The fourth-order valence-electron chi connectivity index (χ4n) is 1.96. The van der Waals surface area contributed by atoms with Crippen LogP contribution in [0.4, 0.5) is 14.5 Å². The van der Waals surface area contributed by atoms with Crippen molar-refractivity contribution in [3.8, 4) is 11.5 Å². The molecule has 0 bridgehead atoms. The first-order chi connectivity index (χ1) is 10.7. The van der Waals surface area contributed by atoms with Crippen molar-refractivity contribution in [3.05, 3.63) is 66.1 Å². The minimum absolute atomic E-state index is 0.0952. The molecule has 2 aromatic carbocycles. The summed E-state index contributed by atoms with van der Waals surface area (Å²) in [5.41, 5.74) is 2.70. The van der Waals surface area contributed by atoms with E-state index in [0.717, 1.165) is 11.3 Å². The van der Waals surface area contributed by atoms with Gasteiger partial charge in [-0.05, 0) is 29.8 Å². The fourth-order valence-corrected chi connectivity index (χ4v) is 1.96. The molecule has 1 heterocycles. The van der Waals surface area contributed by atoms with Gasteiger partial charge in [-0.15, -0.1) is 10.2 Å². The van der Waals surface area contributed by atoms with Crippen molar-refractivity contribution < 1.29 is 13.2 Å². The number of para-hydroxylation sites is 1. The largest absolute Gasteiger partial charge is 0.415 e. The van der Waals surface area contributed by atoms with E-state index in [1.807, 2.05) is 42.5 Å². The molecule has 0 fully saturated rings. The van der Waals surface area contributed by atoms with Crippen LogP contribution < -0.4 is 5.32 Å². The first-order valence-electron chi connectivity index (χ1n) is 6.72. The van der Waals surface area contributed by atoms with Crippen LogP contribution in [-0.2, 0) is 6.54 Å². The van der Waals surface area contributed by atoms with E-state index >= 15 is 0 Å². The summed E-state index contributed by atoms with van der Waals surface area (Å²) in [5.74, 6) is -0.567. The van der Waals surface area contributed by atoms with E-state index < -0.39 is 12.3 Å². The third-order valence-electron chi connectivity index (χ3n) is 3.10. The molecule has 1 aromatic heterocycles. The van der Waals surface area contributed by atoms with Gasteiger partial charge in [0.25, 0.3) is 5.89 Å². The summed E-state index contributed by atoms with van der Waals surface area (Å²) in [4.78, 5) is 0. The highest BCUT2D eigenvalue weighted by Gasteiger charge is 2.16. The van der Waals surface area contributed by atoms with Gasteiger partial charge in [0.15, 0.2) is 0 Å². The van der Waals surface area contributed by atoms with Crippen molar-refractivity contribution in [3.63, 3.8) is 0 Å². The van der Waals surface area contributed by atoms with Crippen molar-refractivity contribution in [2.45, 2.75) is 13.0 Å². The lowest BCUT2D eigenvalue weighted by Crippen LogP contribution is -1.98. The number of alkyl halides is 2. The maximum absolute atomic E-state index is 12.4. The number of rotatable bonds is 5. The summed E-state index contributed by atoms with van der Waals surface area (Å²) in [6.45, 7) is 0.663. The van der Waals surface area contributed by atoms with Gasteiger partial charge in [0.1, 0.15) is 0 Å². The monoisotopic (exact) mass is 301 g/mol. The van der Waals surface area contributed by atoms with Crippen LogP contribution in [0.2, 0.25) is 0 Å². The normalized spacial score (nSPS) is 10.9. The Balaban J connectivity index is 1.67. The second-order valence-corrected chi connectivity index (χ2v) is 4.66. The quantitative estimate of drug-likeness (QED) is 0.764. The van der Waals surface area contributed by atoms with Crippen LogP contribution in [0.15, 0.2) is 59.0 Å². The predicted molar refractivity (Wildman–Crippen MR) is 78.5 cm³/mol. The first-order valence-corrected chi connectivity index (χ1v) is 6.72. The van der Waals surface area contributed by atoms with E-state index in [0.29, 0.717) is 12.1 Å². The minimum atomic E-state index is -2.75. The average molecular weight is 301 g/mol. The molecule has 0 atom stereocenters. The van der Waals surface area contributed by atoms with Crippen molar-refractivity contribution in [2.24, 2.45) is 0 Å². The van der Waals surface area contributed by atoms with E-state index in [9.17, 15) is 8.78 Å². The van der Waals surface area contributed by atoms with E-state index in [4.69, 9.17) is 4.42 Å². The molecule has 4 nitrogen and oxygen atoms in total. The van der Waals surface area contributed by atoms with Gasteiger partial charge in [0.2, 0.25) is 5.89 Å². The molecule has 0 spiro atoms. The Bertz CT molecular complexity index is 727. The molecule has 22 heavy (non-hydrogen) atoms. The number of nitrogens with one attached hydrogen (secondary N) is 1. The Hall–Kier alpha value is -2.76. The van der Waals surface area contributed by atoms with Crippen LogP contribution in [0.25, 0.3) is 11.5 Å². The molecule has 1 N–H and O–H groups in total. The van der Waals surface area contributed by atoms with Crippen LogP contribution >= 0.6 is 0 Å². The summed E-state index contributed by atoms with van der Waals surface area (Å²) in [6, 6.07) is 17.2. The standard InChI is InChI=1S/C16H13F2N3O/c17-14(18)16-21-20-15(22-16)12-8-6-11(7-9-12)10-19-13-4-2-1-3-5-13/h1-9,14,19H,10H2. The van der Waals surface area contributed by atoms with Crippen LogP contribution in [-0.4, -0.2) is 10.2 Å². The molecule has 0 aliphatic rings. The lowest BCUT2D eigenvalue weighted by atomic mass is 10.1. The Kier molecular flexibility index (Phi) is 4.09. The number of aromatic nitrogens is 2. The van der Waals surface area contributed by atoms with Gasteiger partial charge in [0, 0.05) is 17.8 Å². The summed E-state index contributed by atoms with van der Waals surface area (Å²) in [7, 11) is 0. The van der Waals surface area contributed by atoms with Gasteiger partial charge in [0.05, 0.1) is 0 Å². The molecule has 0 radical (unpaired) electrons. The number of benzene rings is 2. The molecule has 3 aromatic rings. The highest BCUT2D eigenvalue weighted by atomic mass is 19.3. The van der Waals surface area contributed by atoms with Gasteiger partial charge in [-0.3, -0.25) is 0 Å². The summed E-state index contributed by atoms with van der Waals surface area (Å²) < 4.78 is 29.7. The highest BCUT2D eigenvalue weighted by molar-refractivity contribution is 5.53. The number of hydrogen-bond donors (Lipinski definition) is 1. The Morgan fingerprint density at radius 2 is 1.68 bits per heavy atom. The molecule has 0 aliphatic heterocycles. The summed E-state index contributed by atoms with van der Waals surface area (Å²) >= 11 is 0. The zero-order valence-corrected chi connectivity index (χ0v) is 11.5. The van der Waals surface area contributed by atoms with E-state index in [1.165, 1.54) is 0 Å². The maximum atomic E-state index is 12.4. The summed E-state index contributed by atoms with van der Waals surface area (Å²) in [6.07, 6.45) is -2.75. The Morgan fingerprint density at radius 3 is 2.32 bits per heavy atom. The van der Waals surface area contributed by atoms with E-state index in [1.54, 1.807) is 12.1 Å². The lowest BCUT2D eigenvalue weighted by molar-refractivity contribution is 0.116. The molecule has 0 saturated heterocycles. The van der Waals surface area contributed by atoms with Gasteiger partial charge in [-0.2, -0.15) is 8.78 Å². The van der Waals surface area contributed by atoms with Crippen LogP contribution in [0.5, 0.6) is 0 Å². The van der Waals surface area contributed by atoms with Gasteiger partial charge in [-0.1, -0.05) is 30.3 Å². The zero-order valence-electron chi connectivity index (χ0n) is 11.5. The van der Waals surface area contributed by atoms with Crippen LogP contribution in [0, 0.1) is 0 Å². The molecule has 0 aliphatic carbocycles. The highest BCUT2D eigenvalue weighted by Crippen LogP contribution is 2.23. The second kappa shape index (κ2) is 6.34.